The molecule has 5 heteroatoms. The van der Waals surface area contributed by atoms with Gasteiger partial charge in [-0.2, -0.15) is 0 Å². The zero-order valence-corrected chi connectivity index (χ0v) is 18.8. The summed E-state index contributed by atoms with van der Waals surface area (Å²) in [5.41, 5.74) is 3.46. The van der Waals surface area contributed by atoms with E-state index in [1.165, 1.54) is 5.56 Å². The van der Waals surface area contributed by atoms with Crippen LogP contribution in [0, 0.1) is 0 Å². The van der Waals surface area contributed by atoms with Gasteiger partial charge in [0.25, 0.3) is 0 Å². The average Bonchev–Trinajstić information content (AvgIpc) is 2.79. The second-order valence-corrected chi connectivity index (χ2v) is 7.76. The van der Waals surface area contributed by atoms with Gasteiger partial charge in [0.05, 0.1) is 13.7 Å². The van der Waals surface area contributed by atoms with Crippen molar-refractivity contribution in [2.75, 3.05) is 26.8 Å². The number of hydrogen-bond acceptors (Lipinski definition) is 4. The zero-order valence-electron chi connectivity index (χ0n) is 17.2. The minimum absolute atomic E-state index is 0.674. The summed E-state index contributed by atoms with van der Waals surface area (Å²) in [6.45, 7) is 2.55. The number of hydrogen-bond donors (Lipinski definition) is 1. The third-order valence-corrected chi connectivity index (χ3v) is 5.13. The van der Waals surface area contributed by atoms with Crippen LogP contribution >= 0.6 is 15.9 Å². The Morgan fingerprint density at radius 1 is 0.967 bits per heavy atom. The molecular formula is C25H27BrN2O2. The molecule has 0 aliphatic rings. The highest BCUT2D eigenvalue weighted by atomic mass is 79.9. The van der Waals surface area contributed by atoms with Gasteiger partial charge in [-0.05, 0) is 79.5 Å². The molecule has 0 unspecified atom stereocenters. The number of methoxy groups -OCH3 is 1. The van der Waals surface area contributed by atoms with Crippen LogP contribution in [0.25, 0.3) is 12.2 Å². The molecule has 2 aromatic carbocycles. The standard InChI is InChI=1S/C25H27BrN2O2/c1-29-24-8-4-20(5-9-24)11-15-27-14-2-18-30-25-10-7-23(26)19-22(25)6-3-21-12-16-28-17-13-21/h3-10,12-13,16-17,19,27H,2,11,14-15,18H2,1H3/b6-3+. The van der Waals surface area contributed by atoms with Crippen LogP contribution in [-0.2, 0) is 6.42 Å². The number of ether oxygens (including phenoxy) is 2. The van der Waals surface area contributed by atoms with Gasteiger partial charge in [-0.15, -0.1) is 0 Å². The Hall–Kier alpha value is -2.63. The summed E-state index contributed by atoms with van der Waals surface area (Å²) in [4.78, 5) is 4.05. The number of benzene rings is 2. The number of pyridine rings is 1. The van der Waals surface area contributed by atoms with E-state index in [0.29, 0.717) is 6.61 Å². The summed E-state index contributed by atoms with van der Waals surface area (Å²) in [5.74, 6) is 1.79. The van der Waals surface area contributed by atoms with Crippen molar-refractivity contribution in [1.82, 2.24) is 10.3 Å². The topological polar surface area (TPSA) is 43.4 Å². The van der Waals surface area contributed by atoms with Crippen LogP contribution in [-0.4, -0.2) is 31.8 Å². The lowest BCUT2D eigenvalue weighted by atomic mass is 10.1. The van der Waals surface area contributed by atoms with Crippen LogP contribution in [0.4, 0.5) is 0 Å². The van der Waals surface area contributed by atoms with Gasteiger partial charge in [-0.1, -0.05) is 40.2 Å². The molecule has 0 aliphatic heterocycles. The highest BCUT2D eigenvalue weighted by Gasteiger charge is 2.02. The molecule has 0 saturated heterocycles. The molecule has 0 amide bonds. The molecule has 1 aromatic heterocycles. The number of nitrogens with one attached hydrogen (secondary N) is 1. The first-order valence-electron chi connectivity index (χ1n) is 10.1. The molecule has 4 nitrogen and oxygen atoms in total. The molecule has 156 valence electrons. The van der Waals surface area contributed by atoms with E-state index in [-0.39, 0.29) is 0 Å². The SMILES string of the molecule is COc1ccc(CCNCCCOc2ccc(Br)cc2/C=C/c2ccncc2)cc1. The van der Waals surface area contributed by atoms with Crippen molar-refractivity contribution < 1.29 is 9.47 Å². The first-order chi connectivity index (χ1) is 14.7. The molecular weight excluding hydrogens is 440 g/mol. The second kappa shape index (κ2) is 12.2. The lowest BCUT2D eigenvalue weighted by molar-refractivity contribution is 0.308. The quantitative estimate of drug-likeness (QED) is 0.372. The van der Waals surface area contributed by atoms with E-state index in [0.717, 1.165) is 53.0 Å². The molecule has 0 fully saturated rings. The minimum atomic E-state index is 0.674. The lowest BCUT2D eigenvalue weighted by Gasteiger charge is -2.10. The molecule has 1 N–H and O–H groups in total. The van der Waals surface area contributed by atoms with Gasteiger partial charge < -0.3 is 14.8 Å². The van der Waals surface area contributed by atoms with E-state index in [4.69, 9.17) is 9.47 Å². The van der Waals surface area contributed by atoms with Crippen LogP contribution in [0.15, 0.2) is 71.5 Å². The van der Waals surface area contributed by atoms with E-state index < -0.39 is 0 Å². The van der Waals surface area contributed by atoms with Crippen molar-refractivity contribution >= 4 is 28.1 Å². The van der Waals surface area contributed by atoms with Crippen LogP contribution in [0.2, 0.25) is 0 Å². The Morgan fingerprint density at radius 3 is 2.53 bits per heavy atom. The van der Waals surface area contributed by atoms with Crippen molar-refractivity contribution in [3.8, 4) is 11.5 Å². The Balaban J connectivity index is 1.40. The predicted octanol–water partition coefficient (Wildman–Crippen LogP) is 5.62. The van der Waals surface area contributed by atoms with Gasteiger partial charge in [-0.3, -0.25) is 4.98 Å². The van der Waals surface area contributed by atoms with Crippen molar-refractivity contribution in [3.05, 3.63) is 88.2 Å². The summed E-state index contributed by atoms with van der Waals surface area (Å²) in [6, 6.07) is 18.3. The average molecular weight is 467 g/mol. The van der Waals surface area contributed by atoms with Crippen molar-refractivity contribution in [2.45, 2.75) is 12.8 Å². The Kier molecular flexibility index (Phi) is 8.94. The Morgan fingerprint density at radius 2 is 1.77 bits per heavy atom. The summed E-state index contributed by atoms with van der Waals surface area (Å²) < 4.78 is 12.3. The number of nitrogens with zero attached hydrogens (tertiary/aromatic N) is 1. The molecule has 0 spiro atoms. The van der Waals surface area contributed by atoms with Crippen molar-refractivity contribution in [3.63, 3.8) is 0 Å². The minimum Gasteiger partial charge on any atom is -0.497 e. The van der Waals surface area contributed by atoms with Gasteiger partial charge in [-0.25, -0.2) is 0 Å². The molecule has 3 aromatic rings. The monoisotopic (exact) mass is 466 g/mol. The highest BCUT2D eigenvalue weighted by molar-refractivity contribution is 9.10. The van der Waals surface area contributed by atoms with Crippen molar-refractivity contribution in [2.24, 2.45) is 0 Å². The molecule has 0 radical (unpaired) electrons. The second-order valence-electron chi connectivity index (χ2n) is 6.85. The summed E-state index contributed by atoms with van der Waals surface area (Å²) in [6.07, 6.45) is 9.67. The first-order valence-corrected chi connectivity index (χ1v) is 10.9. The van der Waals surface area contributed by atoms with Gasteiger partial charge in [0.2, 0.25) is 0 Å². The maximum absolute atomic E-state index is 6.03. The number of rotatable bonds is 11. The van der Waals surface area contributed by atoms with E-state index >= 15 is 0 Å². The first kappa shape index (κ1) is 22.1. The maximum Gasteiger partial charge on any atom is 0.126 e. The summed E-state index contributed by atoms with van der Waals surface area (Å²) in [7, 11) is 1.69. The van der Waals surface area contributed by atoms with Crippen LogP contribution < -0.4 is 14.8 Å². The van der Waals surface area contributed by atoms with Crippen LogP contribution in [0.1, 0.15) is 23.1 Å². The van der Waals surface area contributed by atoms with E-state index in [1.54, 1.807) is 19.5 Å². The number of aromatic nitrogens is 1. The fourth-order valence-corrected chi connectivity index (χ4v) is 3.35. The van der Waals surface area contributed by atoms with Gasteiger partial charge in [0.15, 0.2) is 0 Å². The smallest absolute Gasteiger partial charge is 0.126 e. The van der Waals surface area contributed by atoms with Crippen LogP contribution in [0.5, 0.6) is 11.5 Å². The third-order valence-electron chi connectivity index (χ3n) is 4.64. The van der Waals surface area contributed by atoms with Gasteiger partial charge >= 0.3 is 0 Å². The van der Waals surface area contributed by atoms with Crippen molar-refractivity contribution in [1.29, 1.82) is 0 Å². The zero-order chi connectivity index (χ0) is 21.0. The number of halogens is 1. The largest absolute Gasteiger partial charge is 0.497 e. The normalized spacial score (nSPS) is 11.0. The molecule has 3 rings (SSSR count). The molecule has 0 aliphatic carbocycles. The lowest BCUT2D eigenvalue weighted by Crippen LogP contribution is -2.20. The molecule has 1 heterocycles. The molecule has 0 saturated carbocycles. The summed E-state index contributed by atoms with van der Waals surface area (Å²) in [5, 5.41) is 3.48. The van der Waals surface area contributed by atoms with E-state index in [1.807, 2.05) is 36.4 Å². The van der Waals surface area contributed by atoms with Gasteiger partial charge in [0.1, 0.15) is 11.5 Å². The van der Waals surface area contributed by atoms with E-state index in [2.05, 4.69) is 56.6 Å². The molecule has 30 heavy (non-hydrogen) atoms. The highest BCUT2D eigenvalue weighted by Crippen LogP contribution is 2.25. The Labute approximate surface area is 187 Å². The molecule has 0 atom stereocenters. The third kappa shape index (κ3) is 7.32. The fraction of sp³-hybridized carbons (Fsp3) is 0.240. The molecule has 0 bridgehead atoms. The van der Waals surface area contributed by atoms with Crippen LogP contribution in [0.3, 0.4) is 0 Å². The maximum atomic E-state index is 6.03. The fourth-order valence-electron chi connectivity index (χ4n) is 2.97. The predicted molar refractivity (Wildman–Crippen MR) is 127 cm³/mol. The summed E-state index contributed by atoms with van der Waals surface area (Å²) >= 11 is 3.54. The Bertz CT molecular complexity index is 928. The van der Waals surface area contributed by atoms with E-state index in [9.17, 15) is 0 Å². The van der Waals surface area contributed by atoms with Gasteiger partial charge in [0, 0.05) is 22.4 Å².